The van der Waals surface area contributed by atoms with Gasteiger partial charge in [-0.2, -0.15) is 0 Å². The molecule has 1 atom stereocenters. The lowest BCUT2D eigenvalue weighted by Crippen LogP contribution is -2.39. The van der Waals surface area contributed by atoms with E-state index in [0.717, 1.165) is 0 Å². The number of hydrogen-bond donors (Lipinski definition) is 2. The number of nitrogens with one attached hydrogen (secondary N) is 1. The third-order valence-corrected chi connectivity index (χ3v) is 2.72. The van der Waals surface area contributed by atoms with Crippen molar-refractivity contribution < 1.29 is 19.0 Å². The van der Waals surface area contributed by atoms with Crippen LogP contribution in [-0.4, -0.2) is 46.0 Å². The summed E-state index contributed by atoms with van der Waals surface area (Å²) in [6.45, 7) is 1.03. The van der Waals surface area contributed by atoms with Gasteiger partial charge in [0.15, 0.2) is 0 Å². The number of halogens is 1. The topological polar surface area (TPSA) is 82.8 Å². The number of carbonyl (C=O) groups excluding carboxylic acids is 1. The maximum atomic E-state index is 11.7. The SMILES string of the molecule is COCCOc1ccc(NC(=O)C(N)COC)cc1Cl. The number of hydrogen-bond acceptors (Lipinski definition) is 5. The summed E-state index contributed by atoms with van der Waals surface area (Å²) in [5, 5.41) is 3.06. The van der Waals surface area contributed by atoms with Crippen molar-refractivity contribution in [3.63, 3.8) is 0 Å². The molecule has 0 radical (unpaired) electrons. The van der Waals surface area contributed by atoms with Gasteiger partial charge in [0.2, 0.25) is 5.91 Å². The van der Waals surface area contributed by atoms with Crippen LogP contribution < -0.4 is 15.8 Å². The second-order valence-electron chi connectivity index (χ2n) is 4.04. The first-order valence-electron chi connectivity index (χ1n) is 6.05. The summed E-state index contributed by atoms with van der Waals surface area (Å²) in [6.07, 6.45) is 0. The zero-order valence-electron chi connectivity index (χ0n) is 11.5. The van der Waals surface area contributed by atoms with E-state index in [2.05, 4.69) is 5.32 Å². The van der Waals surface area contributed by atoms with Crippen LogP contribution in [0.4, 0.5) is 5.69 Å². The molecular formula is C13H19ClN2O4. The van der Waals surface area contributed by atoms with Crippen molar-refractivity contribution in [1.29, 1.82) is 0 Å². The van der Waals surface area contributed by atoms with Gasteiger partial charge in [-0.05, 0) is 18.2 Å². The lowest BCUT2D eigenvalue weighted by atomic mass is 10.2. The average molecular weight is 303 g/mol. The molecule has 0 saturated heterocycles. The van der Waals surface area contributed by atoms with Crippen molar-refractivity contribution in [3.8, 4) is 5.75 Å². The van der Waals surface area contributed by atoms with Gasteiger partial charge in [0.05, 0.1) is 18.2 Å². The van der Waals surface area contributed by atoms with Crippen LogP contribution in [0.15, 0.2) is 18.2 Å². The zero-order chi connectivity index (χ0) is 15.0. The number of benzene rings is 1. The van der Waals surface area contributed by atoms with Gasteiger partial charge in [-0.15, -0.1) is 0 Å². The Morgan fingerprint density at radius 2 is 2.10 bits per heavy atom. The molecule has 1 rings (SSSR count). The third-order valence-electron chi connectivity index (χ3n) is 2.43. The minimum atomic E-state index is -0.726. The first-order valence-corrected chi connectivity index (χ1v) is 6.43. The normalized spacial score (nSPS) is 12.0. The van der Waals surface area contributed by atoms with Crippen molar-refractivity contribution >= 4 is 23.2 Å². The van der Waals surface area contributed by atoms with E-state index >= 15 is 0 Å². The second-order valence-corrected chi connectivity index (χ2v) is 4.44. The van der Waals surface area contributed by atoms with Crippen molar-refractivity contribution in [3.05, 3.63) is 23.2 Å². The van der Waals surface area contributed by atoms with Crippen LogP contribution in [0.1, 0.15) is 0 Å². The highest BCUT2D eigenvalue weighted by Gasteiger charge is 2.13. The van der Waals surface area contributed by atoms with Crippen LogP contribution in [-0.2, 0) is 14.3 Å². The van der Waals surface area contributed by atoms with Gasteiger partial charge in [0.25, 0.3) is 0 Å². The maximum Gasteiger partial charge on any atom is 0.243 e. The van der Waals surface area contributed by atoms with Crippen LogP contribution >= 0.6 is 11.6 Å². The molecule has 0 aliphatic heterocycles. The third kappa shape index (κ3) is 5.34. The smallest absolute Gasteiger partial charge is 0.243 e. The molecular weight excluding hydrogens is 284 g/mol. The summed E-state index contributed by atoms with van der Waals surface area (Å²) in [5.41, 5.74) is 6.16. The number of ether oxygens (including phenoxy) is 3. The standard InChI is InChI=1S/C13H19ClN2O4/c1-18-5-6-20-12-4-3-9(7-10(12)14)16-13(17)11(15)8-19-2/h3-4,7,11H,5-6,8,15H2,1-2H3,(H,16,17). The van der Waals surface area contributed by atoms with Gasteiger partial charge >= 0.3 is 0 Å². The summed E-state index contributed by atoms with van der Waals surface area (Å²) < 4.78 is 15.1. The first kappa shape index (κ1) is 16.7. The van der Waals surface area contributed by atoms with E-state index in [0.29, 0.717) is 29.7 Å². The molecule has 0 heterocycles. The van der Waals surface area contributed by atoms with E-state index in [1.54, 1.807) is 25.3 Å². The molecule has 7 heteroatoms. The summed E-state index contributed by atoms with van der Waals surface area (Å²) in [7, 11) is 3.07. The molecule has 0 fully saturated rings. The Kier molecular flexibility index (Phi) is 7.32. The molecule has 1 amide bonds. The fourth-order valence-electron chi connectivity index (χ4n) is 1.42. The summed E-state index contributed by atoms with van der Waals surface area (Å²) in [4.78, 5) is 11.7. The number of carbonyl (C=O) groups is 1. The average Bonchev–Trinajstić information content (AvgIpc) is 2.41. The predicted octanol–water partition coefficient (Wildman–Crippen LogP) is 1.28. The Labute approximate surface area is 123 Å². The van der Waals surface area contributed by atoms with E-state index in [1.165, 1.54) is 7.11 Å². The number of amides is 1. The van der Waals surface area contributed by atoms with Gasteiger partial charge in [0.1, 0.15) is 18.4 Å². The molecule has 112 valence electrons. The Bertz CT molecular complexity index is 442. The van der Waals surface area contributed by atoms with Crippen LogP contribution in [0.3, 0.4) is 0 Å². The van der Waals surface area contributed by atoms with E-state index in [-0.39, 0.29) is 12.5 Å². The molecule has 6 nitrogen and oxygen atoms in total. The quantitative estimate of drug-likeness (QED) is 0.707. The molecule has 1 aromatic carbocycles. The highest BCUT2D eigenvalue weighted by Crippen LogP contribution is 2.27. The number of methoxy groups -OCH3 is 2. The first-order chi connectivity index (χ1) is 9.58. The molecule has 1 unspecified atom stereocenters. The molecule has 1 aromatic rings. The molecule has 0 saturated carbocycles. The number of nitrogens with two attached hydrogens (primary N) is 1. The number of anilines is 1. The van der Waals surface area contributed by atoms with E-state index in [9.17, 15) is 4.79 Å². The van der Waals surface area contributed by atoms with Crippen LogP contribution in [0.2, 0.25) is 5.02 Å². The minimum Gasteiger partial charge on any atom is -0.490 e. The highest BCUT2D eigenvalue weighted by molar-refractivity contribution is 6.32. The molecule has 0 aliphatic rings. The van der Waals surface area contributed by atoms with Crippen molar-refractivity contribution in [1.82, 2.24) is 0 Å². The molecule has 0 aromatic heterocycles. The maximum absolute atomic E-state index is 11.7. The Balaban J connectivity index is 2.60. The fraction of sp³-hybridized carbons (Fsp3) is 0.462. The summed E-state index contributed by atoms with van der Waals surface area (Å²) >= 11 is 6.06. The molecule has 0 aliphatic carbocycles. The van der Waals surface area contributed by atoms with Crippen molar-refractivity contribution in [2.24, 2.45) is 5.73 Å². The van der Waals surface area contributed by atoms with Gasteiger partial charge < -0.3 is 25.3 Å². The van der Waals surface area contributed by atoms with Gasteiger partial charge in [-0.3, -0.25) is 4.79 Å². The Hall–Kier alpha value is -1.34. The van der Waals surface area contributed by atoms with E-state index in [4.69, 9.17) is 31.5 Å². The largest absolute Gasteiger partial charge is 0.490 e. The second kappa shape index (κ2) is 8.76. The summed E-state index contributed by atoms with van der Waals surface area (Å²) in [5.74, 6) is 0.193. The van der Waals surface area contributed by atoms with Crippen LogP contribution in [0, 0.1) is 0 Å². The highest BCUT2D eigenvalue weighted by atomic mass is 35.5. The lowest BCUT2D eigenvalue weighted by molar-refractivity contribution is -0.118. The number of rotatable bonds is 8. The van der Waals surface area contributed by atoms with E-state index in [1.807, 2.05) is 0 Å². The zero-order valence-corrected chi connectivity index (χ0v) is 12.3. The minimum absolute atomic E-state index is 0.151. The van der Waals surface area contributed by atoms with Crippen LogP contribution in [0.25, 0.3) is 0 Å². The van der Waals surface area contributed by atoms with E-state index < -0.39 is 6.04 Å². The van der Waals surface area contributed by atoms with Crippen LogP contribution in [0.5, 0.6) is 5.75 Å². The Morgan fingerprint density at radius 3 is 2.70 bits per heavy atom. The van der Waals surface area contributed by atoms with Gasteiger partial charge in [-0.1, -0.05) is 11.6 Å². The van der Waals surface area contributed by atoms with Crippen molar-refractivity contribution in [2.75, 3.05) is 39.4 Å². The Morgan fingerprint density at radius 1 is 1.35 bits per heavy atom. The van der Waals surface area contributed by atoms with Crippen molar-refractivity contribution in [2.45, 2.75) is 6.04 Å². The predicted molar refractivity (Wildman–Crippen MR) is 77.3 cm³/mol. The lowest BCUT2D eigenvalue weighted by Gasteiger charge is -2.13. The monoisotopic (exact) mass is 302 g/mol. The fourth-order valence-corrected chi connectivity index (χ4v) is 1.66. The van der Waals surface area contributed by atoms with Gasteiger partial charge in [0, 0.05) is 19.9 Å². The molecule has 0 spiro atoms. The molecule has 3 N–H and O–H groups in total. The van der Waals surface area contributed by atoms with Gasteiger partial charge in [-0.25, -0.2) is 0 Å². The molecule has 0 bridgehead atoms. The summed E-state index contributed by atoms with van der Waals surface area (Å²) in [6, 6.07) is 4.23. The molecule has 20 heavy (non-hydrogen) atoms.